The number of halogens is 2. The number of benzene rings is 2. The third-order valence-corrected chi connectivity index (χ3v) is 5.36. The first-order valence-electron chi connectivity index (χ1n) is 8.39. The van der Waals surface area contributed by atoms with Crippen LogP contribution in [0.4, 0.5) is 11.4 Å². The summed E-state index contributed by atoms with van der Waals surface area (Å²) in [6.45, 7) is 2.68. The molecule has 1 aliphatic heterocycles. The summed E-state index contributed by atoms with van der Waals surface area (Å²) < 4.78 is 16.7. The van der Waals surface area contributed by atoms with Crippen molar-refractivity contribution in [2.75, 3.05) is 50.7 Å². The Hall–Kier alpha value is -1.96. The lowest BCUT2D eigenvalue weighted by Crippen LogP contribution is -2.37. The highest BCUT2D eigenvalue weighted by molar-refractivity contribution is 9.10. The molecule has 144 valence electrons. The first kappa shape index (κ1) is 19.8. The average Bonchev–Trinajstić information content (AvgIpc) is 2.69. The Labute approximate surface area is 171 Å². The number of hydrogen-bond acceptors (Lipinski definition) is 5. The lowest BCUT2D eigenvalue weighted by molar-refractivity contribution is 0.102. The molecule has 0 atom stereocenters. The molecule has 0 saturated carbocycles. The topological polar surface area (TPSA) is 60.0 Å². The summed E-state index contributed by atoms with van der Waals surface area (Å²) >= 11 is 9.84. The summed E-state index contributed by atoms with van der Waals surface area (Å²) in [5.41, 5.74) is 1.86. The molecule has 1 amide bonds. The van der Waals surface area contributed by atoms with Gasteiger partial charge in [0.1, 0.15) is 16.0 Å². The minimum atomic E-state index is -0.282. The molecule has 1 saturated heterocycles. The Balaban J connectivity index is 1.92. The molecule has 1 N–H and O–H groups in total. The molecule has 0 spiro atoms. The molecule has 0 aromatic heterocycles. The fourth-order valence-corrected chi connectivity index (χ4v) is 3.77. The van der Waals surface area contributed by atoms with Crippen LogP contribution in [0.25, 0.3) is 0 Å². The molecular formula is C19H20BrClN2O4. The van der Waals surface area contributed by atoms with Crippen LogP contribution in [0.1, 0.15) is 10.4 Å². The molecule has 1 heterocycles. The SMILES string of the molecule is COc1cc(C(=O)Nc2cccc(Cl)c2N2CCOCC2)cc(OC)c1Br. The number of ether oxygens (including phenoxy) is 3. The van der Waals surface area contributed by atoms with Gasteiger partial charge in [-0.15, -0.1) is 0 Å². The fourth-order valence-electron chi connectivity index (χ4n) is 2.92. The van der Waals surface area contributed by atoms with Gasteiger partial charge in [0, 0.05) is 18.7 Å². The number of nitrogens with one attached hydrogen (secondary N) is 1. The minimum absolute atomic E-state index is 0.282. The summed E-state index contributed by atoms with van der Waals surface area (Å²) in [5, 5.41) is 3.54. The average molecular weight is 456 g/mol. The van der Waals surface area contributed by atoms with Gasteiger partial charge in [0.25, 0.3) is 5.91 Å². The van der Waals surface area contributed by atoms with Crippen molar-refractivity contribution in [3.63, 3.8) is 0 Å². The second-order valence-electron chi connectivity index (χ2n) is 5.88. The molecule has 0 radical (unpaired) electrons. The second kappa shape index (κ2) is 8.82. The van der Waals surface area contributed by atoms with Crippen LogP contribution in [0.5, 0.6) is 11.5 Å². The predicted molar refractivity (Wildman–Crippen MR) is 110 cm³/mol. The van der Waals surface area contributed by atoms with Gasteiger partial charge in [0.15, 0.2) is 0 Å². The Morgan fingerprint density at radius 2 is 1.81 bits per heavy atom. The zero-order valence-electron chi connectivity index (χ0n) is 15.1. The van der Waals surface area contributed by atoms with Gasteiger partial charge in [0.05, 0.1) is 43.8 Å². The van der Waals surface area contributed by atoms with Gasteiger partial charge in [-0.25, -0.2) is 0 Å². The van der Waals surface area contributed by atoms with E-state index in [2.05, 4.69) is 26.1 Å². The smallest absolute Gasteiger partial charge is 0.255 e. The van der Waals surface area contributed by atoms with Crippen LogP contribution in [0.3, 0.4) is 0 Å². The third-order valence-electron chi connectivity index (χ3n) is 4.27. The van der Waals surface area contributed by atoms with E-state index >= 15 is 0 Å². The summed E-state index contributed by atoms with van der Waals surface area (Å²) in [7, 11) is 3.07. The van der Waals surface area contributed by atoms with Gasteiger partial charge in [-0.2, -0.15) is 0 Å². The molecule has 2 aromatic carbocycles. The van der Waals surface area contributed by atoms with Crippen molar-refractivity contribution < 1.29 is 19.0 Å². The lowest BCUT2D eigenvalue weighted by Gasteiger charge is -2.31. The van der Waals surface area contributed by atoms with Crippen molar-refractivity contribution in [1.29, 1.82) is 0 Å². The van der Waals surface area contributed by atoms with E-state index in [9.17, 15) is 4.79 Å². The molecule has 0 bridgehead atoms. The van der Waals surface area contributed by atoms with Crippen molar-refractivity contribution in [2.45, 2.75) is 0 Å². The first-order chi connectivity index (χ1) is 13.0. The van der Waals surface area contributed by atoms with Crippen LogP contribution in [0.15, 0.2) is 34.8 Å². The van der Waals surface area contributed by atoms with E-state index in [-0.39, 0.29) is 5.91 Å². The van der Waals surface area contributed by atoms with Crippen molar-refractivity contribution in [1.82, 2.24) is 0 Å². The Morgan fingerprint density at radius 3 is 2.41 bits per heavy atom. The summed E-state index contributed by atoms with van der Waals surface area (Å²) in [6, 6.07) is 8.77. The van der Waals surface area contributed by atoms with Gasteiger partial charge in [-0.3, -0.25) is 4.79 Å². The highest BCUT2D eigenvalue weighted by atomic mass is 79.9. The van der Waals surface area contributed by atoms with Crippen molar-refractivity contribution >= 4 is 44.8 Å². The standard InChI is InChI=1S/C19H20BrClN2O4/c1-25-15-10-12(11-16(26-2)17(15)20)19(24)22-14-5-3-4-13(21)18(14)23-6-8-27-9-7-23/h3-5,10-11H,6-9H2,1-2H3,(H,22,24). The number of rotatable bonds is 5. The van der Waals surface area contributed by atoms with Crippen LogP contribution in [0.2, 0.25) is 5.02 Å². The number of anilines is 2. The summed E-state index contributed by atoms with van der Waals surface area (Å²) in [6.07, 6.45) is 0. The maximum absolute atomic E-state index is 12.9. The Bertz CT molecular complexity index is 815. The lowest BCUT2D eigenvalue weighted by atomic mass is 10.1. The van der Waals surface area contributed by atoms with Gasteiger partial charge in [-0.1, -0.05) is 17.7 Å². The monoisotopic (exact) mass is 454 g/mol. The zero-order chi connectivity index (χ0) is 19.4. The predicted octanol–water partition coefficient (Wildman–Crippen LogP) is 4.21. The number of morpholine rings is 1. The number of carbonyl (C=O) groups excluding carboxylic acids is 1. The van der Waals surface area contributed by atoms with E-state index in [0.717, 1.165) is 5.69 Å². The van der Waals surface area contributed by atoms with Gasteiger partial charge in [0.2, 0.25) is 0 Å². The molecule has 1 fully saturated rings. The second-order valence-corrected chi connectivity index (χ2v) is 7.08. The Morgan fingerprint density at radius 1 is 1.19 bits per heavy atom. The van der Waals surface area contributed by atoms with E-state index in [1.807, 2.05) is 18.2 Å². The van der Waals surface area contributed by atoms with Gasteiger partial charge in [-0.05, 0) is 40.2 Å². The number of nitrogens with zero attached hydrogens (tertiary/aromatic N) is 1. The molecule has 0 unspecified atom stereocenters. The zero-order valence-corrected chi connectivity index (χ0v) is 17.4. The number of para-hydroxylation sites is 1. The van der Waals surface area contributed by atoms with Crippen LogP contribution < -0.4 is 19.7 Å². The number of methoxy groups -OCH3 is 2. The van der Waals surface area contributed by atoms with Crippen molar-refractivity contribution in [2.24, 2.45) is 0 Å². The number of hydrogen-bond donors (Lipinski definition) is 1. The third kappa shape index (κ3) is 4.31. The van der Waals surface area contributed by atoms with Crippen LogP contribution in [-0.4, -0.2) is 46.4 Å². The molecule has 1 aliphatic rings. The normalized spacial score (nSPS) is 14.0. The minimum Gasteiger partial charge on any atom is -0.495 e. The summed E-state index contributed by atoms with van der Waals surface area (Å²) in [5.74, 6) is 0.744. The first-order valence-corrected chi connectivity index (χ1v) is 9.56. The summed E-state index contributed by atoms with van der Waals surface area (Å²) in [4.78, 5) is 15.0. The Kier molecular flexibility index (Phi) is 6.46. The van der Waals surface area contributed by atoms with Crippen LogP contribution >= 0.6 is 27.5 Å². The largest absolute Gasteiger partial charge is 0.495 e. The molecule has 6 nitrogen and oxygen atoms in total. The fraction of sp³-hybridized carbons (Fsp3) is 0.316. The van der Waals surface area contributed by atoms with Crippen LogP contribution in [-0.2, 0) is 4.74 Å². The molecule has 8 heteroatoms. The maximum Gasteiger partial charge on any atom is 0.255 e. The molecule has 3 rings (SSSR count). The highest BCUT2D eigenvalue weighted by Crippen LogP contribution is 2.37. The van der Waals surface area contributed by atoms with Crippen molar-refractivity contribution in [3.05, 3.63) is 45.4 Å². The highest BCUT2D eigenvalue weighted by Gasteiger charge is 2.20. The van der Waals surface area contributed by atoms with E-state index in [1.54, 1.807) is 12.1 Å². The molecule has 2 aromatic rings. The van der Waals surface area contributed by atoms with E-state index < -0.39 is 0 Å². The van der Waals surface area contributed by atoms with Crippen LogP contribution in [0, 0.1) is 0 Å². The van der Waals surface area contributed by atoms with Crippen molar-refractivity contribution in [3.8, 4) is 11.5 Å². The van der Waals surface area contributed by atoms with E-state index in [0.29, 0.717) is 58.5 Å². The van der Waals surface area contributed by atoms with Gasteiger partial charge < -0.3 is 24.4 Å². The molecular weight excluding hydrogens is 436 g/mol. The van der Waals surface area contributed by atoms with E-state index in [1.165, 1.54) is 14.2 Å². The van der Waals surface area contributed by atoms with Gasteiger partial charge >= 0.3 is 0 Å². The number of carbonyl (C=O) groups is 1. The van der Waals surface area contributed by atoms with E-state index in [4.69, 9.17) is 25.8 Å². The quantitative estimate of drug-likeness (QED) is 0.732. The number of amides is 1. The molecule has 27 heavy (non-hydrogen) atoms. The maximum atomic E-state index is 12.9. The molecule has 0 aliphatic carbocycles.